The van der Waals surface area contributed by atoms with E-state index in [2.05, 4.69) is 20.4 Å². The Morgan fingerprint density at radius 3 is 2.42 bits per heavy atom. The number of ether oxygens (including phenoxy) is 2. The molecular formula is C17H28IN3O3. The van der Waals surface area contributed by atoms with E-state index in [-0.39, 0.29) is 29.9 Å². The van der Waals surface area contributed by atoms with Crippen molar-refractivity contribution in [3.63, 3.8) is 0 Å². The van der Waals surface area contributed by atoms with E-state index in [0.717, 1.165) is 43.2 Å². The zero-order chi connectivity index (χ0) is 16.9. The van der Waals surface area contributed by atoms with Crippen LogP contribution in [-0.4, -0.2) is 39.2 Å². The Morgan fingerprint density at radius 1 is 1.12 bits per heavy atom. The van der Waals surface area contributed by atoms with Crippen molar-refractivity contribution < 1.29 is 14.3 Å². The van der Waals surface area contributed by atoms with Gasteiger partial charge in [-0.1, -0.05) is 12.1 Å². The van der Waals surface area contributed by atoms with Crippen molar-refractivity contribution in [2.75, 3.05) is 27.3 Å². The second-order valence-corrected chi connectivity index (χ2v) is 5.00. The highest BCUT2D eigenvalue weighted by atomic mass is 127. The van der Waals surface area contributed by atoms with Crippen LogP contribution in [0.2, 0.25) is 0 Å². The number of benzene rings is 1. The number of rotatable bonds is 9. The van der Waals surface area contributed by atoms with E-state index in [4.69, 9.17) is 4.74 Å². The summed E-state index contributed by atoms with van der Waals surface area (Å²) >= 11 is 0. The van der Waals surface area contributed by atoms with Crippen LogP contribution in [0.3, 0.4) is 0 Å². The Hall–Kier alpha value is -1.51. The lowest BCUT2D eigenvalue weighted by molar-refractivity contribution is -0.140. The minimum Gasteiger partial charge on any atom is -0.497 e. The number of esters is 1. The Kier molecular flexibility index (Phi) is 13.0. The van der Waals surface area contributed by atoms with Gasteiger partial charge in [-0.15, -0.1) is 24.0 Å². The molecule has 0 saturated heterocycles. The highest BCUT2D eigenvalue weighted by Gasteiger charge is 2.01. The van der Waals surface area contributed by atoms with Crippen molar-refractivity contribution in [1.82, 2.24) is 10.6 Å². The average Bonchev–Trinajstić information content (AvgIpc) is 2.59. The molecule has 1 aromatic rings. The molecule has 0 amide bonds. The smallest absolute Gasteiger partial charge is 0.305 e. The number of hydrogen-bond acceptors (Lipinski definition) is 4. The molecule has 6 nitrogen and oxygen atoms in total. The highest BCUT2D eigenvalue weighted by molar-refractivity contribution is 14.0. The maximum absolute atomic E-state index is 11.0. The summed E-state index contributed by atoms with van der Waals surface area (Å²) in [6, 6.07) is 7.86. The lowest BCUT2D eigenvalue weighted by Gasteiger charge is -2.11. The summed E-state index contributed by atoms with van der Waals surface area (Å²) < 4.78 is 9.76. The fourth-order valence-corrected chi connectivity index (χ4v) is 1.95. The number of halogens is 1. The Balaban J connectivity index is 0.00000529. The molecule has 7 heteroatoms. The highest BCUT2D eigenvalue weighted by Crippen LogP contribution is 2.11. The van der Waals surface area contributed by atoms with Gasteiger partial charge in [-0.3, -0.25) is 4.79 Å². The molecule has 0 atom stereocenters. The van der Waals surface area contributed by atoms with Crippen molar-refractivity contribution in [3.05, 3.63) is 29.8 Å². The molecule has 0 bridgehead atoms. The summed E-state index contributed by atoms with van der Waals surface area (Å²) in [6.45, 7) is 4.20. The molecule has 1 aromatic carbocycles. The molecule has 0 fully saturated rings. The first-order valence-corrected chi connectivity index (χ1v) is 7.91. The zero-order valence-corrected chi connectivity index (χ0v) is 17.0. The van der Waals surface area contributed by atoms with Crippen molar-refractivity contribution in [2.24, 2.45) is 4.99 Å². The van der Waals surface area contributed by atoms with Crippen LogP contribution in [0.4, 0.5) is 0 Å². The minimum atomic E-state index is -0.162. The van der Waals surface area contributed by atoms with Gasteiger partial charge < -0.3 is 20.1 Å². The first kappa shape index (κ1) is 22.5. The lowest BCUT2D eigenvalue weighted by atomic mass is 10.2. The van der Waals surface area contributed by atoms with Gasteiger partial charge in [0.15, 0.2) is 5.96 Å². The number of methoxy groups -OCH3 is 2. The van der Waals surface area contributed by atoms with E-state index in [9.17, 15) is 4.79 Å². The van der Waals surface area contributed by atoms with Crippen LogP contribution >= 0.6 is 24.0 Å². The molecule has 136 valence electrons. The maximum Gasteiger partial charge on any atom is 0.305 e. The fourth-order valence-electron chi connectivity index (χ4n) is 1.95. The van der Waals surface area contributed by atoms with E-state index >= 15 is 0 Å². The topological polar surface area (TPSA) is 72.0 Å². The van der Waals surface area contributed by atoms with Gasteiger partial charge in [0, 0.05) is 19.5 Å². The van der Waals surface area contributed by atoms with Crippen LogP contribution < -0.4 is 15.4 Å². The number of hydrogen-bond donors (Lipinski definition) is 2. The van der Waals surface area contributed by atoms with E-state index in [1.54, 1.807) is 7.11 Å². The SMILES string of the molecule is CCNC(=NCc1ccc(OC)cc1)NCCCCC(=O)OC.I. The summed E-state index contributed by atoms with van der Waals surface area (Å²) in [5.41, 5.74) is 1.12. The zero-order valence-electron chi connectivity index (χ0n) is 14.6. The number of aliphatic imine (C=N–C) groups is 1. The largest absolute Gasteiger partial charge is 0.497 e. The van der Waals surface area contributed by atoms with Crippen LogP contribution in [0.1, 0.15) is 31.7 Å². The minimum absolute atomic E-state index is 0. The second kappa shape index (κ2) is 13.9. The van der Waals surface area contributed by atoms with Crippen LogP contribution in [0.5, 0.6) is 5.75 Å². The maximum atomic E-state index is 11.0. The summed E-state index contributed by atoms with van der Waals surface area (Å²) in [4.78, 5) is 15.6. The Labute approximate surface area is 161 Å². The predicted octanol–water partition coefficient (Wildman–Crippen LogP) is 2.71. The van der Waals surface area contributed by atoms with Crippen molar-refractivity contribution in [1.29, 1.82) is 0 Å². The van der Waals surface area contributed by atoms with Gasteiger partial charge >= 0.3 is 5.97 Å². The molecule has 0 heterocycles. The fraction of sp³-hybridized carbons (Fsp3) is 0.529. The van der Waals surface area contributed by atoms with E-state index in [1.807, 2.05) is 31.2 Å². The summed E-state index contributed by atoms with van der Waals surface area (Å²) in [5.74, 6) is 1.46. The van der Waals surface area contributed by atoms with E-state index in [0.29, 0.717) is 13.0 Å². The molecule has 0 spiro atoms. The number of nitrogens with one attached hydrogen (secondary N) is 2. The Bertz CT molecular complexity index is 492. The quantitative estimate of drug-likeness (QED) is 0.200. The molecule has 0 aliphatic carbocycles. The monoisotopic (exact) mass is 449 g/mol. The van der Waals surface area contributed by atoms with Gasteiger partial charge in [0.2, 0.25) is 0 Å². The van der Waals surface area contributed by atoms with Gasteiger partial charge in [0.1, 0.15) is 5.75 Å². The molecule has 1 rings (SSSR count). The van der Waals surface area contributed by atoms with Crippen molar-refractivity contribution in [2.45, 2.75) is 32.7 Å². The third-order valence-electron chi connectivity index (χ3n) is 3.25. The number of carbonyl (C=O) groups is 1. The van der Waals surface area contributed by atoms with Crippen molar-refractivity contribution in [3.8, 4) is 5.75 Å². The molecule has 0 unspecified atom stereocenters. The van der Waals surface area contributed by atoms with Gasteiger partial charge in [0.25, 0.3) is 0 Å². The number of unbranched alkanes of at least 4 members (excludes halogenated alkanes) is 1. The molecule has 0 saturated carbocycles. The number of nitrogens with zero attached hydrogens (tertiary/aromatic N) is 1. The predicted molar refractivity (Wildman–Crippen MR) is 107 cm³/mol. The van der Waals surface area contributed by atoms with E-state index in [1.165, 1.54) is 7.11 Å². The van der Waals surface area contributed by atoms with E-state index < -0.39 is 0 Å². The molecular weight excluding hydrogens is 421 g/mol. The van der Waals surface area contributed by atoms with Crippen LogP contribution in [0.25, 0.3) is 0 Å². The third kappa shape index (κ3) is 9.59. The van der Waals surface area contributed by atoms with Gasteiger partial charge in [-0.2, -0.15) is 0 Å². The summed E-state index contributed by atoms with van der Waals surface area (Å²) in [7, 11) is 3.07. The van der Waals surface area contributed by atoms with Gasteiger partial charge in [-0.05, 0) is 37.5 Å². The summed E-state index contributed by atoms with van der Waals surface area (Å²) in [6.07, 6.45) is 2.15. The summed E-state index contributed by atoms with van der Waals surface area (Å²) in [5, 5.41) is 6.48. The normalized spacial score (nSPS) is 10.5. The third-order valence-corrected chi connectivity index (χ3v) is 3.25. The molecule has 0 aliphatic rings. The first-order chi connectivity index (χ1) is 11.2. The van der Waals surface area contributed by atoms with Crippen LogP contribution in [0, 0.1) is 0 Å². The first-order valence-electron chi connectivity index (χ1n) is 7.91. The molecule has 0 radical (unpaired) electrons. The second-order valence-electron chi connectivity index (χ2n) is 5.00. The number of carbonyl (C=O) groups excluding carboxylic acids is 1. The molecule has 0 aromatic heterocycles. The Morgan fingerprint density at radius 2 is 1.83 bits per heavy atom. The van der Waals surface area contributed by atoms with Gasteiger partial charge in [-0.25, -0.2) is 4.99 Å². The van der Waals surface area contributed by atoms with Gasteiger partial charge in [0.05, 0.1) is 20.8 Å². The average molecular weight is 449 g/mol. The standard InChI is InChI=1S/C17H27N3O3.HI/c1-4-18-17(19-12-6-5-7-16(21)23-3)20-13-14-8-10-15(22-2)11-9-14;/h8-11H,4-7,12-13H2,1-3H3,(H2,18,19,20);1H. The van der Waals surface area contributed by atoms with Crippen LogP contribution in [-0.2, 0) is 16.1 Å². The van der Waals surface area contributed by atoms with Crippen molar-refractivity contribution >= 4 is 35.9 Å². The number of guanidine groups is 1. The molecule has 24 heavy (non-hydrogen) atoms. The molecule has 2 N–H and O–H groups in total. The van der Waals surface area contributed by atoms with Crippen LogP contribution in [0.15, 0.2) is 29.3 Å². The molecule has 0 aliphatic heterocycles. The lowest BCUT2D eigenvalue weighted by Crippen LogP contribution is -2.37.